The molecule has 1 aromatic heterocycles. The van der Waals surface area contributed by atoms with E-state index in [1.807, 2.05) is 4.90 Å². The molecule has 1 aromatic carbocycles. The van der Waals surface area contributed by atoms with Gasteiger partial charge in [0, 0.05) is 62.8 Å². The minimum atomic E-state index is 0.318. The Morgan fingerprint density at radius 1 is 1.00 bits per heavy atom. The third-order valence-electron chi connectivity index (χ3n) is 5.89. The van der Waals surface area contributed by atoms with E-state index in [-0.39, 0.29) is 0 Å². The van der Waals surface area contributed by atoms with Crippen LogP contribution in [0.5, 0.6) is 0 Å². The van der Waals surface area contributed by atoms with Crippen LogP contribution in [-0.2, 0) is 17.9 Å². The van der Waals surface area contributed by atoms with Crippen molar-refractivity contribution < 1.29 is 4.79 Å². The number of aromatic nitrogens is 1. The van der Waals surface area contributed by atoms with Crippen molar-refractivity contribution >= 4 is 16.8 Å². The minimum absolute atomic E-state index is 0.318. The molecule has 5 heteroatoms. The molecule has 0 N–H and O–H groups in total. The van der Waals surface area contributed by atoms with E-state index in [4.69, 9.17) is 0 Å². The second-order valence-electron chi connectivity index (χ2n) is 7.79. The van der Waals surface area contributed by atoms with Gasteiger partial charge < -0.3 is 14.4 Å². The van der Waals surface area contributed by atoms with Gasteiger partial charge in [0.25, 0.3) is 0 Å². The smallest absolute Gasteiger partial charge is 0.222 e. The molecule has 0 saturated carbocycles. The van der Waals surface area contributed by atoms with Crippen molar-refractivity contribution in [1.29, 1.82) is 0 Å². The number of hydrogen-bond donors (Lipinski definition) is 0. The van der Waals surface area contributed by atoms with E-state index in [1.54, 1.807) is 0 Å². The third-order valence-corrected chi connectivity index (χ3v) is 5.89. The first kappa shape index (κ1) is 17.6. The number of fused-ring (bicyclic) bond motifs is 1. The maximum atomic E-state index is 12.4. The van der Waals surface area contributed by atoms with Gasteiger partial charge in [0.05, 0.1) is 6.67 Å². The lowest BCUT2D eigenvalue weighted by Crippen LogP contribution is -2.44. The molecule has 2 aliphatic rings. The highest BCUT2D eigenvalue weighted by Gasteiger charge is 2.19. The summed E-state index contributed by atoms with van der Waals surface area (Å²) in [7, 11) is 2.19. The number of amides is 1. The van der Waals surface area contributed by atoms with Crippen molar-refractivity contribution in [1.82, 2.24) is 19.3 Å². The number of para-hydroxylation sites is 1. The molecule has 2 aliphatic heterocycles. The first-order valence-corrected chi connectivity index (χ1v) is 9.96. The number of rotatable bonds is 5. The lowest BCUT2D eigenvalue weighted by molar-refractivity contribution is -0.130. The molecule has 1 amide bonds. The van der Waals surface area contributed by atoms with Crippen molar-refractivity contribution in [2.24, 2.45) is 0 Å². The summed E-state index contributed by atoms with van der Waals surface area (Å²) in [4.78, 5) is 19.4. The molecule has 0 spiro atoms. The van der Waals surface area contributed by atoms with E-state index in [0.717, 1.165) is 65.2 Å². The Kier molecular flexibility index (Phi) is 5.27. The number of hydrogen-bond acceptors (Lipinski definition) is 3. The number of piperazine rings is 1. The molecule has 26 heavy (non-hydrogen) atoms. The second-order valence-corrected chi connectivity index (χ2v) is 7.79. The molecule has 2 aromatic rings. The van der Waals surface area contributed by atoms with Crippen LogP contribution in [-0.4, -0.2) is 71.5 Å². The summed E-state index contributed by atoms with van der Waals surface area (Å²) in [6.45, 7) is 7.34. The van der Waals surface area contributed by atoms with E-state index in [1.165, 1.54) is 16.5 Å². The van der Waals surface area contributed by atoms with Crippen LogP contribution in [0.15, 0.2) is 30.5 Å². The number of benzene rings is 1. The number of nitrogens with zero attached hydrogens (tertiary/aromatic N) is 4. The molecule has 0 radical (unpaired) electrons. The highest BCUT2D eigenvalue weighted by Crippen LogP contribution is 2.24. The van der Waals surface area contributed by atoms with Gasteiger partial charge in [-0.2, -0.15) is 0 Å². The molecule has 2 fully saturated rings. The molecule has 0 aliphatic carbocycles. The topological polar surface area (TPSA) is 31.7 Å². The first-order chi connectivity index (χ1) is 12.7. The number of carbonyl (C=O) groups excluding carboxylic acids is 1. The van der Waals surface area contributed by atoms with Gasteiger partial charge >= 0.3 is 0 Å². The Bertz CT molecular complexity index is 754. The van der Waals surface area contributed by atoms with Crippen molar-refractivity contribution in [3.63, 3.8) is 0 Å². The SMILES string of the molecule is CN1CCN(Cn2cc(CCC(=O)N3CCCC3)c3ccccc32)CC1. The zero-order valence-electron chi connectivity index (χ0n) is 15.9. The lowest BCUT2D eigenvalue weighted by Gasteiger charge is -2.32. The zero-order chi connectivity index (χ0) is 17.9. The first-order valence-electron chi connectivity index (χ1n) is 9.96. The maximum absolute atomic E-state index is 12.4. The number of carbonyl (C=O) groups is 1. The molecule has 3 heterocycles. The van der Waals surface area contributed by atoms with Gasteiger partial charge in [0.15, 0.2) is 0 Å². The van der Waals surface area contributed by atoms with E-state index in [9.17, 15) is 4.79 Å². The van der Waals surface area contributed by atoms with Crippen molar-refractivity contribution in [3.8, 4) is 0 Å². The number of likely N-dealkylation sites (tertiary alicyclic amines) is 1. The van der Waals surface area contributed by atoms with Gasteiger partial charge in [-0.3, -0.25) is 9.69 Å². The highest BCUT2D eigenvalue weighted by atomic mass is 16.2. The van der Waals surface area contributed by atoms with Gasteiger partial charge in [-0.15, -0.1) is 0 Å². The Balaban J connectivity index is 1.47. The minimum Gasteiger partial charge on any atom is -0.343 e. The Morgan fingerprint density at radius 3 is 2.50 bits per heavy atom. The fourth-order valence-electron chi connectivity index (χ4n) is 4.21. The summed E-state index contributed by atoms with van der Waals surface area (Å²) >= 11 is 0. The van der Waals surface area contributed by atoms with Gasteiger partial charge in [-0.05, 0) is 37.9 Å². The van der Waals surface area contributed by atoms with Crippen LogP contribution in [0.1, 0.15) is 24.8 Å². The van der Waals surface area contributed by atoms with Gasteiger partial charge in [0.1, 0.15) is 0 Å². The van der Waals surface area contributed by atoms with E-state index < -0.39 is 0 Å². The molecule has 0 atom stereocenters. The number of likely N-dealkylation sites (N-methyl/N-ethyl adjacent to an activating group) is 1. The standard InChI is InChI=1S/C21H30N4O/c1-22-12-14-23(15-13-22)17-25-16-18(19-6-2-3-7-20(19)25)8-9-21(26)24-10-4-5-11-24/h2-3,6-7,16H,4-5,8-15,17H2,1H3. The largest absolute Gasteiger partial charge is 0.343 e. The second kappa shape index (κ2) is 7.80. The summed E-state index contributed by atoms with van der Waals surface area (Å²) in [5, 5.41) is 1.30. The van der Waals surface area contributed by atoms with E-state index >= 15 is 0 Å². The normalized spacial score (nSPS) is 19.5. The van der Waals surface area contributed by atoms with Crippen LogP contribution in [0.25, 0.3) is 10.9 Å². The monoisotopic (exact) mass is 354 g/mol. The Morgan fingerprint density at radius 2 is 1.73 bits per heavy atom. The maximum Gasteiger partial charge on any atom is 0.222 e. The molecule has 0 bridgehead atoms. The van der Waals surface area contributed by atoms with Crippen molar-refractivity contribution in [2.45, 2.75) is 32.4 Å². The van der Waals surface area contributed by atoms with Gasteiger partial charge in [-0.25, -0.2) is 0 Å². The Hall–Kier alpha value is -1.85. The predicted octanol–water partition coefficient (Wildman–Crippen LogP) is 2.40. The van der Waals surface area contributed by atoms with Gasteiger partial charge in [-0.1, -0.05) is 18.2 Å². The number of aryl methyl sites for hydroxylation is 1. The van der Waals surface area contributed by atoms with Gasteiger partial charge in [0.2, 0.25) is 5.91 Å². The molecule has 2 saturated heterocycles. The predicted molar refractivity (Wildman–Crippen MR) is 105 cm³/mol. The summed E-state index contributed by atoms with van der Waals surface area (Å²) in [5.74, 6) is 0.318. The zero-order valence-corrected chi connectivity index (χ0v) is 15.9. The molecule has 140 valence electrons. The molecular formula is C21H30N4O. The molecule has 4 rings (SSSR count). The van der Waals surface area contributed by atoms with Crippen molar-refractivity contribution in [2.75, 3.05) is 46.3 Å². The fraction of sp³-hybridized carbons (Fsp3) is 0.571. The quantitative estimate of drug-likeness (QED) is 0.826. The summed E-state index contributed by atoms with van der Waals surface area (Å²) in [6, 6.07) is 8.62. The fourth-order valence-corrected chi connectivity index (χ4v) is 4.21. The third kappa shape index (κ3) is 3.79. The van der Waals surface area contributed by atoms with E-state index in [0.29, 0.717) is 12.3 Å². The van der Waals surface area contributed by atoms with Crippen LogP contribution in [0.3, 0.4) is 0 Å². The summed E-state index contributed by atoms with van der Waals surface area (Å²) in [5.41, 5.74) is 2.59. The van der Waals surface area contributed by atoms with Crippen LogP contribution in [0.2, 0.25) is 0 Å². The molecule has 0 unspecified atom stereocenters. The van der Waals surface area contributed by atoms with E-state index in [2.05, 4.69) is 51.9 Å². The molecule has 5 nitrogen and oxygen atoms in total. The Labute approximate surface area is 156 Å². The van der Waals surface area contributed by atoms with Crippen LogP contribution < -0.4 is 0 Å². The summed E-state index contributed by atoms with van der Waals surface area (Å²) < 4.78 is 2.37. The van der Waals surface area contributed by atoms with Crippen LogP contribution >= 0.6 is 0 Å². The highest BCUT2D eigenvalue weighted by molar-refractivity contribution is 5.85. The average Bonchev–Trinajstić information content (AvgIpc) is 3.31. The lowest BCUT2D eigenvalue weighted by atomic mass is 10.1. The average molecular weight is 354 g/mol. The molecular weight excluding hydrogens is 324 g/mol. The van der Waals surface area contributed by atoms with Crippen LogP contribution in [0.4, 0.5) is 0 Å². The van der Waals surface area contributed by atoms with Crippen molar-refractivity contribution in [3.05, 3.63) is 36.0 Å². The van der Waals surface area contributed by atoms with Crippen LogP contribution in [0, 0.1) is 0 Å². The summed E-state index contributed by atoms with van der Waals surface area (Å²) in [6.07, 6.45) is 6.07.